The number of carbonyl (C=O) groups excluding carboxylic acids is 2. The lowest BCUT2D eigenvalue weighted by Gasteiger charge is -2.42. The molecule has 8 nitrogen and oxygen atoms in total. The van der Waals surface area contributed by atoms with Crippen LogP contribution in [0.4, 0.5) is 13.9 Å². The van der Waals surface area contributed by atoms with Crippen LogP contribution in [0.2, 0.25) is 0 Å². The summed E-state index contributed by atoms with van der Waals surface area (Å²) in [5.74, 6) is -2.68. The van der Waals surface area contributed by atoms with E-state index in [-0.39, 0.29) is 36.4 Å². The molecule has 0 radical (unpaired) electrons. The first-order valence-electron chi connectivity index (χ1n) is 13.1. The van der Waals surface area contributed by atoms with Gasteiger partial charge in [-0.05, 0) is 38.5 Å². The smallest absolute Gasteiger partial charge is 0.265 e. The number of likely N-dealkylation sites (tertiary alicyclic amines) is 1. The molecule has 3 fully saturated rings. The Morgan fingerprint density at radius 1 is 1.25 bits per heavy atom. The number of nitrogens with one attached hydrogen (secondary N) is 1. The highest BCUT2D eigenvalue weighted by molar-refractivity contribution is 7.15. The molecule has 4 rings (SSSR count). The molecule has 2 aliphatic heterocycles. The van der Waals surface area contributed by atoms with Gasteiger partial charge in [0, 0.05) is 38.7 Å². The fourth-order valence-corrected chi connectivity index (χ4v) is 6.62. The van der Waals surface area contributed by atoms with Crippen molar-refractivity contribution in [1.29, 1.82) is 0 Å². The van der Waals surface area contributed by atoms with E-state index in [4.69, 9.17) is 10.5 Å². The summed E-state index contributed by atoms with van der Waals surface area (Å²) in [6.45, 7) is 7.26. The van der Waals surface area contributed by atoms with E-state index in [0.717, 1.165) is 25.7 Å². The molecule has 0 aromatic carbocycles. The number of piperidine rings is 1. The summed E-state index contributed by atoms with van der Waals surface area (Å²) in [5.41, 5.74) is 6.28. The van der Waals surface area contributed by atoms with Gasteiger partial charge in [-0.2, -0.15) is 0 Å². The van der Waals surface area contributed by atoms with Gasteiger partial charge in [0.25, 0.3) is 5.92 Å². The summed E-state index contributed by atoms with van der Waals surface area (Å²) >= 11 is 1.22. The van der Waals surface area contributed by atoms with Crippen LogP contribution in [0, 0.1) is 11.8 Å². The average molecular weight is 528 g/mol. The van der Waals surface area contributed by atoms with Crippen LogP contribution >= 0.6 is 11.3 Å². The predicted molar refractivity (Wildman–Crippen MR) is 135 cm³/mol. The van der Waals surface area contributed by atoms with Gasteiger partial charge in [-0.15, -0.1) is 0 Å². The molecule has 0 spiro atoms. The second kappa shape index (κ2) is 11.4. The number of anilines is 1. The van der Waals surface area contributed by atoms with Gasteiger partial charge in [-0.3, -0.25) is 14.5 Å². The number of thiazole rings is 1. The minimum Gasteiger partial charge on any atom is -0.373 e. The maximum atomic E-state index is 14.4. The topological polar surface area (TPSA) is 101 Å². The van der Waals surface area contributed by atoms with E-state index in [2.05, 4.69) is 22.1 Å². The molecule has 1 aromatic heterocycles. The molecule has 202 valence electrons. The number of morpholine rings is 1. The number of halogens is 2. The molecule has 0 bridgehead atoms. The maximum Gasteiger partial charge on any atom is 0.265 e. The molecular formula is C25H39F2N5O3S. The summed E-state index contributed by atoms with van der Waals surface area (Å²) in [4.78, 5) is 34.1. The highest BCUT2D eigenvalue weighted by Crippen LogP contribution is 2.37. The third kappa shape index (κ3) is 6.79. The Morgan fingerprint density at radius 2 is 1.92 bits per heavy atom. The van der Waals surface area contributed by atoms with Gasteiger partial charge in [0.05, 0.1) is 35.7 Å². The van der Waals surface area contributed by atoms with Crippen LogP contribution in [0.3, 0.4) is 0 Å². The summed E-state index contributed by atoms with van der Waals surface area (Å²) in [6.07, 6.45) is 5.00. The molecular weight excluding hydrogens is 488 g/mol. The molecule has 3 aliphatic rings. The van der Waals surface area contributed by atoms with E-state index in [0.29, 0.717) is 35.6 Å². The quantitative estimate of drug-likeness (QED) is 0.562. The summed E-state index contributed by atoms with van der Waals surface area (Å²) in [7, 11) is 0. The van der Waals surface area contributed by atoms with Crippen molar-refractivity contribution in [2.45, 2.75) is 89.5 Å². The predicted octanol–water partition coefficient (Wildman–Crippen LogP) is 3.64. The van der Waals surface area contributed by atoms with Crippen LogP contribution in [-0.4, -0.2) is 76.9 Å². The van der Waals surface area contributed by atoms with Crippen molar-refractivity contribution in [3.8, 4) is 0 Å². The molecule has 2 unspecified atom stereocenters. The van der Waals surface area contributed by atoms with E-state index in [9.17, 15) is 18.4 Å². The number of hydrogen-bond donors (Lipinski definition) is 2. The Hall–Kier alpha value is -1.69. The molecule has 4 atom stereocenters. The zero-order chi connectivity index (χ0) is 26.0. The molecule has 2 saturated heterocycles. The maximum absolute atomic E-state index is 14.4. The van der Waals surface area contributed by atoms with Gasteiger partial charge in [0.15, 0.2) is 5.13 Å². The molecule has 3 heterocycles. The third-order valence-electron chi connectivity index (χ3n) is 7.68. The van der Waals surface area contributed by atoms with Crippen molar-refractivity contribution in [2.75, 3.05) is 31.5 Å². The van der Waals surface area contributed by atoms with Crippen molar-refractivity contribution >= 4 is 28.3 Å². The number of nitrogens with zero attached hydrogens (tertiary/aromatic N) is 3. The summed E-state index contributed by atoms with van der Waals surface area (Å²) in [6, 6.07) is -1.20. The van der Waals surface area contributed by atoms with Crippen LogP contribution in [0.5, 0.6) is 0 Å². The Labute approximate surface area is 215 Å². The van der Waals surface area contributed by atoms with Crippen LogP contribution in [-0.2, 0) is 14.3 Å². The largest absolute Gasteiger partial charge is 0.373 e. The molecule has 1 saturated carbocycles. The normalized spacial score (nSPS) is 31.2. The zero-order valence-corrected chi connectivity index (χ0v) is 22.2. The number of nitrogens with two attached hydrogens (primary N) is 1. The third-order valence-corrected chi connectivity index (χ3v) is 8.70. The number of rotatable bonds is 7. The van der Waals surface area contributed by atoms with Gasteiger partial charge in [-0.1, -0.05) is 31.1 Å². The van der Waals surface area contributed by atoms with Crippen molar-refractivity contribution in [1.82, 2.24) is 14.8 Å². The second-order valence-corrected chi connectivity index (χ2v) is 12.0. The van der Waals surface area contributed by atoms with Crippen LogP contribution < -0.4 is 11.1 Å². The Bertz CT molecular complexity index is 913. The van der Waals surface area contributed by atoms with Crippen molar-refractivity contribution in [2.24, 2.45) is 17.6 Å². The first kappa shape index (κ1) is 27.3. The number of alkyl halides is 2. The fourth-order valence-electron chi connectivity index (χ4n) is 5.70. The van der Waals surface area contributed by atoms with Crippen molar-refractivity contribution < 1.29 is 23.1 Å². The minimum absolute atomic E-state index is 0.00784. The lowest BCUT2D eigenvalue weighted by Crippen LogP contribution is -2.53. The van der Waals surface area contributed by atoms with E-state index in [1.807, 2.05) is 13.8 Å². The Morgan fingerprint density at radius 3 is 2.58 bits per heavy atom. The number of carbonyl (C=O) groups is 2. The van der Waals surface area contributed by atoms with Gasteiger partial charge in [0.1, 0.15) is 0 Å². The number of ether oxygens (including phenoxy) is 1. The minimum atomic E-state index is -2.93. The first-order chi connectivity index (χ1) is 17.0. The molecule has 1 aliphatic carbocycles. The SMILES string of the molecule is CC1CCC(C(N)C(=O)Nc2ncc(C(CN3C[C@@H](C)O[C@@H](C)C3)N3CC(F)(F)CCC3=O)s2)CC1. The van der Waals surface area contributed by atoms with Gasteiger partial charge in [-0.25, -0.2) is 13.8 Å². The Balaban J connectivity index is 1.49. The molecule has 36 heavy (non-hydrogen) atoms. The van der Waals surface area contributed by atoms with E-state index in [1.165, 1.54) is 16.2 Å². The Kier molecular flexibility index (Phi) is 8.63. The average Bonchev–Trinajstić information content (AvgIpc) is 3.26. The van der Waals surface area contributed by atoms with E-state index in [1.54, 1.807) is 6.20 Å². The van der Waals surface area contributed by atoms with Crippen LogP contribution in [0.1, 0.15) is 70.2 Å². The van der Waals surface area contributed by atoms with E-state index < -0.39 is 31.0 Å². The number of aromatic nitrogens is 1. The first-order valence-corrected chi connectivity index (χ1v) is 13.9. The molecule has 2 amide bonds. The highest BCUT2D eigenvalue weighted by Gasteiger charge is 2.43. The zero-order valence-electron chi connectivity index (χ0n) is 21.4. The van der Waals surface area contributed by atoms with Gasteiger partial charge in [0.2, 0.25) is 11.8 Å². The fraction of sp³-hybridized carbons (Fsp3) is 0.800. The number of amides is 2. The second-order valence-electron chi connectivity index (χ2n) is 11.0. The monoisotopic (exact) mass is 527 g/mol. The standard InChI is InChI=1S/C25H39F2N5O3S/c1-15-4-6-18(7-5-15)22(28)23(34)30-24-29-10-20(36-24)19(13-31-11-16(2)35-17(3)12-31)32-14-25(26,27)9-8-21(32)33/h10,15-19,22H,4-9,11-14,28H2,1-3H3,(H,29,30,34)/t15?,16-,17+,18?,19?,22?. The number of hydrogen-bond acceptors (Lipinski definition) is 7. The highest BCUT2D eigenvalue weighted by atomic mass is 32.1. The van der Waals surface area contributed by atoms with Crippen molar-refractivity contribution in [3.63, 3.8) is 0 Å². The van der Waals surface area contributed by atoms with Crippen molar-refractivity contribution in [3.05, 3.63) is 11.1 Å². The molecule has 11 heteroatoms. The summed E-state index contributed by atoms with van der Waals surface area (Å²) < 4.78 is 34.5. The van der Waals surface area contributed by atoms with Crippen LogP contribution in [0.25, 0.3) is 0 Å². The lowest BCUT2D eigenvalue weighted by atomic mass is 9.79. The molecule has 1 aromatic rings. The molecule has 3 N–H and O–H groups in total. The van der Waals surface area contributed by atoms with Crippen LogP contribution in [0.15, 0.2) is 6.20 Å². The van der Waals surface area contributed by atoms with E-state index >= 15 is 0 Å². The van der Waals surface area contributed by atoms with Gasteiger partial charge < -0.3 is 20.7 Å². The lowest BCUT2D eigenvalue weighted by molar-refractivity contribution is -0.153. The van der Waals surface area contributed by atoms with Gasteiger partial charge >= 0.3 is 0 Å². The summed E-state index contributed by atoms with van der Waals surface area (Å²) in [5, 5.41) is 3.21.